The van der Waals surface area contributed by atoms with Gasteiger partial charge in [-0.25, -0.2) is 14.6 Å². The third-order valence-electron chi connectivity index (χ3n) is 6.58. The molecule has 45 heavy (non-hydrogen) atoms. The van der Waals surface area contributed by atoms with E-state index in [1.807, 2.05) is 30.6 Å². The van der Waals surface area contributed by atoms with E-state index in [-0.39, 0.29) is 6.04 Å². The molecule has 5 rings (SSSR count). The lowest BCUT2D eigenvalue weighted by Crippen LogP contribution is -2.46. The first-order chi connectivity index (χ1) is 21.1. The summed E-state index contributed by atoms with van der Waals surface area (Å²) in [6.07, 6.45) is -4.18. The summed E-state index contributed by atoms with van der Waals surface area (Å²) < 4.78 is 71.0. The monoisotopic (exact) mass is 641 g/mol. The predicted octanol–water partition coefficient (Wildman–Crippen LogP) is 5.16. The van der Waals surface area contributed by atoms with E-state index in [0.717, 1.165) is 54.5 Å². The summed E-state index contributed by atoms with van der Waals surface area (Å²) in [7, 11) is 3.89. The number of ether oxygens (including phenoxy) is 1. The minimum atomic E-state index is -5.08. The number of fused-ring (bicyclic) bond motifs is 1. The molecule has 1 fully saturated rings. The number of pyridine rings is 2. The fourth-order valence-electron chi connectivity index (χ4n) is 4.33. The van der Waals surface area contributed by atoms with Crippen LogP contribution in [0.25, 0.3) is 16.9 Å². The number of halogens is 6. The van der Waals surface area contributed by atoms with Crippen molar-refractivity contribution in [3.05, 3.63) is 84.4 Å². The van der Waals surface area contributed by atoms with Gasteiger partial charge in [0.2, 0.25) is 0 Å². The number of hydrogen-bond donors (Lipinski definition) is 2. The van der Waals surface area contributed by atoms with Crippen molar-refractivity contribution in [1.82, 2.24) is 24.2 Å². The lowest BCUT2D eigenvalue weighted by atomic mass is 10.1. The molecule has 4 aromatic rings. The van der Waals surface area contributed by atoms with Gasteiger partial charge in [0, 0.05) is 44.8 Å². The molecule has 0 amide bonds. The zero-order valence-electron chi connectivity index (χ0n) is 24.0. The number of nitrogens with zero attached hydrogens (tertiary/aromatic N) is 5. The Morgan fingerprint density at radius 3 is 2.09 bits per heavy atom. The number of rotatable bonds is 5. The van der Waals surface area contributed by atoms with Gasteiger partial charge >= 0.3 is 24.3 Å². The average Bonchev–Trinajstić information content (AvgIpc) is 3.43. The van der Waals surface area contributed by atoms with Crippen molar-refractivity contribution in [1.29, 1.82) is 0 Å². The molecule has 0 bridgehead atoms. The van der Waals surface area contributed by atoms with Crippen molar-refractivity contribution in [2.24, 2.45) is 0 Å². The molecule has 1 aromatic carbocycles. The number of carboxylic acids is 2. The van der Waals surface area contributed by atoms with Crippen LogP contribution in [0.5, 0.6) is 5.75 Å². The first-order valence-corrected chi connectivity index (χ1v) is 13.1. The summed E-state index contributed by atoms with van der Waals surface area (Å²) in [6, 6.07) is 18.9. The molecule has 4 heterocycles. The van der Waals surface area contributed by atoms with Crippen LogP contribution in [0.4, 0.5) is 26.3 Å². The van der Waals surface area contributed by atoms with Crippen LogP contribution in [0.15, 0.2) is 73.2 Å². The van der Waals surface area contributed by atoms with Crippen LogP contribution in [0.3, 0.4) is 0 Å². The van der Waals surface area contributed by atoms with E-state index < -0.39 is 24.3 Å². The number of imidazole rings is 1. The molecule has 0 saturated carbocycles. The van der Waals surface area contributed by atoms with Gasteiger partial charge in [0.1, 0.15) is 11.4 Å². The normalized spacial score (nSPS) is 15.8. The highest BCUT2D eigenvalue weighted by Gasteiger charge is 2.39. The van der Waals surface area contributed by atoms with Crippen LogP contribution in [0, 0.1) is 0 Å². The van der Waals surface area contributed by atoms with E-state index in [1.54, 1.807) is 7.11 Å². The maximum Gasteiger partial charge on any atom is 0.490 e. The highest BCUT2D eigenvalue weighted by molar-refractivity contribution is 5.73. The van der Waals surface area contributed by atoms with E-state index >= 15 is 0 Å². The van der Waals surface area contributed by atoms with Crippen LogP contribution < -0.4 is 4.74 Å². The van der Waals surface area contributed by atoms with Crippen molar-refractivity contribution in [2.45, 2.75) is 24.9 Å². The molecule has 0 aliphatic carbocycles. The molecule has 16 heteroatoms. The van der Waals surface area contributed by atoms with Gasteiger partial charge in [0.25, 0.3) is 0 Å². The number of carboxylic acid groups (broad SMARTS) is 2. The number of carbonyl (C=O) groups is 2. The Labute approximate surface area is 253 Å². The SMILES string of the molecule is COc1ccc(-c2cccc3nc(C4CN(Cc5cccnc5)CCN4C)cn23)cc1.O=C(O)C(F)(F)F.O=C(O)C(F)(F)F. The number of likely N-dealkylation sites (N-methyl/N-ethyl adjacent to an activating group) is 1. The molecule has 1 saturated heterocycles. The van der Waals surface area contributed by atoms with Crippen molar-refractivity contribution >= 4 is 17.6 Å². The number of hydrogen-bond acceptors (Lipinski definition) is 7. The number of aromatic nitrogens is 3. The van der Waals surface area contributed by atoms with E-state index in [9.17, 15) is 26.3 Å². The highest BCUT2D eigenvalue weighted by Crippen LogP contribution is 2.28. The van der Waals surface area contributed by atoms with Crippen molar-refractivity contribution in [2.75, 3.05) is 33.8 Å². The maximum atomic E-state index is 10.6. The zero-order valence-corrected chi connectivity index (χ0v) is 24.0. The molecular weight excluding hydrogens is 612 g/mol. The summed E-state index contributed by atoms with van der Waals surface area (Å²) in [6.45, 7) is 3.94. The fraction of sp³-hybridized carbons (Fsp3) is 0.310. The molecule has 3 aromatic heterocycles. The van der Waals surface area contributed by atoms with Crippen molar-refractivity contribution < 1.29 is 50.9 Å². The molecule has 0 spiro atoms. The molecule has 2 N–H and O–H groups in total. The maximum absolute atomic E-state index is 10.6. The quantitative estimate of drug-likeness (QED) is 0.285. The third kappa shape index (κ3) is 9.90. The Morgan fingerprint density at radius 1 is 0.933 bits per heavy atom. The Hall–Kier alpha value is -4.70. The Morgan fingerprint density at radius 2 is 1.56 bits per heavy atom. The van der Waals surface area contributed by atoms with E-state index in [4.69, 9.17) is 29.5 Å². The summed E-state index contributed by atoms with van der Waals surface area (Å²) in [5, 5.41) is 14.2. The smallest absolute Gasteiger partial charge is 0.490 e. The lowest BCUT2D eigenvalue weighted by molar-refractivity contribution is -0.193. The fourth-order valence-corrected chi connectivity index (χ4v) is 4.33. The molecule has 1 aliphatic rings. The average molecular weight is 642 g/mol. The molecule has 242 valence electrons. The first-order valence-electron chi connectivity index (χ1n) is 13.1. The van der Waals surface area contributed by atoms with Gasteiger partial charge in [-0.3, -0.25) is 19.2 Å². The standard InChI is InChI=1S/C25H27N5O.2C2HF3O2/c1-28-13-14-29(16-19-5-4-12-26-15-19)18-24(28)22-17-30-23(6-3-7-25(30)27-22)20-8-10-21(31-2)11-9-20;2*3-2(4,5)1(6)7/h3-12,15,17,24H,13-14,16,18H2,1-2H3;2*(H,6,7). The summed E-state index contributed by atoms with van der Waals surface area (Å²) >= 11 is 0. The number of methoxy groups -OCH3 is 1. The number of piperazine rings is 1. The second-order valence-corrected chi connectivity index (χ2v) is 9.73. The third-order valence-corrected chi connectivity index (χ3v) is 6.58. The van der Waals surface area contributed by atoms with E-state index in [0.29, 0.717) is 0 Å². The summed E-state index contributed by atoms with van der Waals surface area (Å²) in [5.74, 6) is -4.65. The van der Waals surface area contributed by atoms with Crippen LogP contribution in [0.2, 0.25) is 0 Å². The lowest BCUT2D eigenvalue weighted by Gasteiger charge is -2.38. The van der Waals surface area contributed by atoms with E-state index in [2.05, 4.69) is 68.8 Å². The molecule has 1 unspecified atom stereocenters. The highest BCUT2D eigenvalue weighted by atomic mass is 19.4. The van der Waals surface area contributed by atoms with Crippen LogP contribution in [0.1, 0.15) is 17.3 Å². The van der Waals surface area contributed by atoms with Gasteiger partial charge in [-0.1, -0.05) is 12.1 Å². The van der Waals surface area contributed by atoms with Crippen molar-refractivity contribution in [3.8, 4) is 17.0 Å². The van der Waals surface area contributed by atoms with Gasteiger partial charge in [-0.2, -0.15) is 26.3 Å². The van der Waals surface area contributed by atoms with Crippen LogP contribution in [-0.4, -0.2) is 92.5 Å². The van der Waals surface area contributed by atoms with Gasteiger partial charge in [-0.15, -0.1) is 0 Å². The van der Waals surface area contributed by atoms with E-state index in [1.165, 1.54) is 5.56 Å². The number of aliphatic carboxylic acids is 2. The minimum absolute atomic E-state index is 0.258. The minimum Gasteiger partial charge on any atom is -0.497 e. The van der Waals surface area contributed by atoms with Gasteiger partial charge < -0.3 is 14.9 Å². The second kappa shape index (κ2) is 14.9. The molecule has 1 aliphatic heterocycles. The van der Waals surface area contributed by atoms with Gasteiger partial charge in [-0.05, 0) is 60.6 Å². The molecule has 0 radical (unpaired) electrons. The van der Waals surface area contributed by atoms with Crippen LogP contribution >= 0.6 is 0 Å². The van der Waals surface area contributed by atoms with Crippen molar-refractivity contribution in [3.63, 3.8) is 0 Å². The molecular formula is C29H29F6N5O5. The topological polar surface area (TPSA) is 121 Å². The largest absolute Gasteiger partial charge is 0.497 e. The number of alkyl halides is 6. The van der Waals surface area contributed by atoms with Gasteiger partial charge in [0.15, 0.2) is 0 Å². The van der Waals surface area contributed by atoms with Crippen LogP contribution in [-0.2, 0) is 16.1 Å². The molecule has 1 atom stereocenters. The zero-order chi connectivity index (χ0) is 33.4. The number of benzene rings is 1. The Balaban J connectivity index is 0.000000331. The Kier molecular flexibility index (Phi) is 11.5. The second-order valence-electron chi connectivity index (χ2n) is 9.73. The Bertz CT molecular complexity index is 1540. The summed E-state index contributed by atoms with van der Waals surface area (Å²) in [5.41, 5.74) is 5.61. The van der Waals surface area contributed by atoms with Gasteiger partial charge in [0.05, 0.1) is 24.5 Å². The predicted molar refractivity (Wildman–Crippen MR) is 149 cm³/mol. The first kappa shape index (κ1) is 34.8. The summed E-state index contributed by atoms with van der Waals surface area (Å²) in [4.78, 5) is 32.0. The molecule has 10 nitrogen and oxygen atoms in total.